The van der Waals surface area contributed by atoms with Crippen LogP contribution in [0, 0.1) is 0 Å². The van der Waals surface area contributed by atoms with Gasteiger partial charge in [0.1, 0.15) is 5.75 Å². The van der Waals surface area contributed by atoms with Crippen LogP contribution in [0.1, 0.15) is 65.2 Å². The highest BCUT2D eigenvalue weighted by molar-refractivity contribution is 5.85. The lowest BCUT2D eigenvalue weighted by atomic mass is 9.78. The number of allylic oxidation sites excluding steroid dienone is 1. The molecule has 0 saturated heterocycles. The summed E-state index contributed by atoms with van der Waals surface area (Å²) in [7, 11) is 0. The molecule has 0 amide bonds. The molecule has 3 heteroatoms. The molecule has 1 aromatic carbocycles. The third-order valence-corrected chi connectivity index (χ3v) is 3.77. The standard InChI is InChI=1S/C19H28O3/c1-12(17(21)22)8-9-13-10-14(18(2,3)4)16(20)15(11-13)19(5,6)7/h8,10-11,20H,9H2,1-7H3,(H,21,22)/b12-8+. The Kier molecular flexibility index (Phi) is 5.11. The van der Waals surface area contributed by atoms with Gasteiger partial charge >= 0.3 is 5.97 Å². The van der Waals surface area contributed by atoms with E-state index < -0.39 is 5.97 Å². The molecule has 1 rings (SSSR count). The van der Waals surface area contributed by atoms with Crippen LogP contribution in [-0.4, -0.2) is 16.2 Å². The first-order valence-corrected chi connectivity index (χ1v) is 7.61. The average Bonchev–Trinajstić information content (AvgIpc) is 2.33. The fourth-order valence-corrected chi connectivity index (χ4v) is 2.31. The van der Waals surface area contributed by atoms with E-state index in [1.807, 2.05) is 12.1 Å². The fraction of sp³-hybridized carbons (Fsp3) is 0.526. The minimum absolute atomic E-state index is 0.175. The van der Waals surface area contributed by atoms with E-state index in [-0.39, 0.29) is 10.8 Å². The van der Waals surface area contributed by atoms with Crippen molar-refractivity contribution in [2.45, 2.75) is 65.7 Å². The topological polar surface area (TPSA) is 57.5 Å². The number of aliphatic carboxylic acids is 1. The van der Waals surface area contributed by atoms with Crippen LogP contribution >= 0.6 is 0 Å². The van der Waals surface area contributed by atoms with Crippen molar-refractivity contribution in [2.75, 3.05) is 0 Å². The smallest absolute Gasteiger partial charge is 0.330 e. The third-order valence-electron chi connectivity index (χ3n) is 3.77. The van der Waals surface area contributed by atoms with Crippen LogP contribution in [0.4, 0.5) is 0 Å². The molecule has 0 radical (unpaired) electrons. The van der Waals surface area contributed by atoms with Gasteiger partial charge in [0, 0.05) is 5.57 Å². The van der Waals surface area contributed by atoms with Crippen molar-refractivity contribution in [3.05, 3.63) is 40.5 Å². The Morgan fingerprint density at radius 3 is 1.77 bits per heavy atom. The summed E-state index contributed by atoms with van der Waals surface area (Å²) in [6.07, 6.45) is 2.26. The quantitative estimate of drug-likeness (QED) is 0.805. The predicted molar refractivity (Wildman–Crippen MR) is 90.6 cm³/mol. The number of carboxylic acid groups (broad SMARTS) is 1. The van der Waals surface area contributed by atoms with E-state index in [0.717, 1.165) is 16.7 Å². The minimum Gasteiger partial charge on any atom is -0.507 e. The highest BCUT2D eigenvalue weighted by Crippen LogP contribution is 2.39. The van der Waals surface area contributed by atoms with Gasteiger partial charge in [-0.05, 0) is 40.9 Å². The molecule has 0 spiro atoms. The summed E-state index contributed by atoms with van der Waals surface area (Å²) >= 11 is 0. The Labute approximate surface area is 133 Å². The highest BCUT2D eigenvalue weighted by Gasteiger charge is 2.26. The molecule has 122 valence electrons. The molecule has 0 aromatic heterocycles. The molecular weight excluding hydrogens is 276 g/mol. The van der Waals surface area contributed by atoms with Gasteiger partial charge < -0.3 is 10.2 Å². The Morgan fingerprint density at radius 2 is 1.45 bits per heavy atom. The van der Waals surface area contributed by atoms with E-state index in [1.165, 1.54) is 0 Å². The number of rotatable bonds is 3. The lowest BCUT2D eigenvalue weighted by Crippen LogP contribution is -2.17. The molecule has 0 saturated carbocycles. The third kappa shape index (κ3) is 4.36. The summed E-state index contributed by atoms with van der Waals surface area (Å²) in [6.45, 7) is 14.0. The molecular formula is C19H28O3. The van der Waals surface area contributed by atoms with E-state index in [0.29, 0.717) is 17.7 Å². The second kappa shape index (κ2) is 6.15. The number of aromatic hydroxyl groups is 1. The number of carboxylic acids is 1. The molecule has 0 heterocycles. The number of benzene rings is 1. The van der Waals surface area contributed by atoms with Gasteiger partial charge in [-0.25, -0.2) is 4.79 Å². The van der Waals surface area contributed by atoms with Crippen molar-refractivity contribution in [3.63, 3.8) is 0 Å². The molecule has 2 N–H and O–H groups in total. The molecule has 0 unspecified atom stereocenters. The van der Waals surface area contributed by atoms with Crippen LogP contribution in [0.25, 0.3) is 0 Å². The van der Waals surface area contributed by atoms with Gasteiger partial charge in [-0.3, -0.25) is 0 Å². The largest absolute Gasteiger partial charge is 0.507 e. The number of phenols is 1. The van der Waals surface area contributed by atoms with Crippen molar-refractivity contribution >= 4 is 5.97 Å². The Hall–Kier alpha value is -1.77. The molecule has 0 atom stereocenters. The summed E-state index contributed by atoms with van der Waals surface area (Å²) in [6, 6.07) is 3.96. The molecule has 0 aliphatic heterocycles. The van der Waals surface area contributed by atoms with Crippen molar-refractivity contribution in [1.82, 2.24) is 0 Å². The van der Waals surface area contributed by atoms with E-state index >= 15 is 0 Å². The minimum atomic E-state index is -0.897. The number of phenolic OH excluding ortho intramolecular Hbond substituents is 1. The zero-order chi connectivity index (χ0) is 17.3. The van der Waals surface area contributed by atoms with Gasteiger partial charge in [-0.1, -0.05) is 59.8 Å². The first-order valence-electron chi connectivity index (χ1n) is 7.61. The van der Waals surface area contributed by atoms with Crippen LogP contribution in [0.15, 0.2) is 23.8 Å². The lowest BCUT2D eigenvalue weighted by molar-refractivity contribution is -0.132. The zero-order valence-electron chi connectivity index (χ0n) is 14.7. The van der Waals surface area contributed by atoms with Crippen molar-refractivity contribution < 1.29 is 15.0 Å². The molecule has 0 fully saturated rings. The highest BCUT2D eigenvalue weighted by atomic mass is 16.4. The summed E-state index contributed by atoms with van der Waals surface area (Å²) in [4.78, 5) is 10.9. The Balaban J connectivity index is 3.42. The van der Waals surface area contributed by atoms with Crippen molar-refractivity contribution in [2.24, 2.45) is 0 Å². The molecule has 0 bridgehead atoms. The summed E-state index contributed by atoms with van der Waals surface area (Å²) in [5, 5.41) is 19.6. The second-order valence-electron chi connectivity index (χ2n) is 7.94. The van der Waals surface area contributed by atoms with Gasteiger partial charge in [0.2, 0.25) is 0 Å². The Bertz CT molecular complexity index is 561. The molecule has 3 nitrogen and oxygen atoms in total. The SMILES string of the molecule is C/C(=C\Cc1cc(C(C)(C)C)c(O)c(C(C)(C)C)c1)C(=O)O. The van der Waals surface area contributed by atoms with Crippen molar-refractivity contribution in [3.8, 4) is 5.75 Å². The monoisotopic (exact) mass is 304 g/mol. The van der Waals surface area contributed by atoms with Crippen molar-refractivity contribution in [1.29, 1.82) is 0 Å². The molecule has 0 aliphatic rings. The Morgan fingerprint density at radius 1 is 1.05 bits per heavy atom. The number of carbonyl (C=O) groups is 1. The van der Waals surface area contributed by atoms with E-state index in [4.69, 9.17) is 5.11 Å². The van der Waals surface area contributed by atoms with E-state index in [2.05, 4.69) is 41.5 Å². The molecule has 1 aromatic rings. The summed E-state index contributed by atoms with van der Waals surface area (Å²) in [5.74, 6) is -0.548. The van der Waals surface area contributed by atoms with Gasteiger partial charge in [-0.2, -0.15) is 0 Å². The van der Waals surface area contributed by atoms with E-state index in [9.17, 15) is 9.90 Å². The van der Waals surface area contributed by atoms with Crippen LogP contribution in [0.5, 0.6) is 5.75 Å². The fourth-order valence-electron chi connectivity index (χ4n) is 2.31. The van der Waals surface area contributed by atoms with E-state index in [1.54, 1.807) is 13.0 Å². The van der Waals surface area contributed by atoms with Crippen LogP contribution in [-0.2, 0) is 22.0 Å². The summed E-state index contributed by atoms with van der Waals surface area (Å²) < 4.78 is 0. The van der Waals surface area contributed by atoms with Gasteiger partial charge in [0.05, 0.1) is 0 Å². The van der Waals surface area contributed by atoms with Gasteiger partial charge in [0.25, 0.3) is 0 Å². The number of hydrogen-bond donors (Lipinski definition) is 2. The predicted octanol–water partition coefficient (Wildman–Crippen LogP) is 4.56. The lowest BCUT2D eigenvalue weighted by Gasteiger charge is -2.28. The maximum absolute atomic E-state index is 10.9. The number of hydrogen-bond acceptors (Lipinski definition) is 2. The van der Waals surface area contributed by atoms with Crippen LogP contribution < -0.4 is 0 Å². The maximum Gasteiger partial charge on any atom is 0.330 e. The zero-order valence-corrected chi connectivity index (χ0v) is 14.7. The first-order chi connectivity index (χ1) is 9.84. The van der Waals surface area contributed by atoms with Gasteiger partial charge in [-0.15, -0.1) is 0 Å². The normalized spacial score (nSPS) is 13.3. The first kappa shape index (κ1) is 18.3. The summed E-state index contributed by atoms with van der Waals surface area (Å²) in [5.41, 5.74) is 2.81. The average molecular weight is 304 g/mol. The maximum atomic E-state index is 10.9. The van der Waals surface area contributed by atoms with Crippen LogP contribution in [0.2, 0.25) is 0 Å². The second-order valence-corrected chi connectivity index (χ2v) is 7.94. The molecule has 22 heavy (non-hydrogen) atoms. The molecule has 0 aliphatic carbocycles. The van der Waals surface area contributed by atoms with Crippen LogP contribution in [0.3, 0.4) is 0 Å². The van der Waals surface area contributed by atoms with Gasteiger partial charge in [0.15, 0.2) is 0 Å².